The number of nitrogens with zero attached hydrogens (tertiary/aromatic N) is 1. The van der Waals surface area contributed by atoms with Gasteiger partial charge in [0.15, 0.2) is 0 Å². The van der Waals surface area contributed by atoms with Crippen molar-refractivity contribution >= 4 is 0 Å². The highest BCUT2D eigenvalue weighted by Crippen LogP contribution is 2.33. The van der Waals surface area contributed by atoms with E-state index < -0.39 is 0 Å². The first-order chi connectivity index (χ1) is 9.27. The lowest BCUT2D eigenvalue weighted by molar-refractivity contribution is -0.946. The summed E-state index contributed by atoms with van der Waals surface area (Å²) < 4.78 is 6.87. The van der Waals surface area contributed by atoms with E-state index >= 15 is 0 Å². The van der Waals surface area contributed by atoms with E-state index in [4.69, 9.17) is 4.74 Å². The van der Waals surface area contributed by atoms with Gasteiger partial charge in [-0.1, -0.05) is 18.2 Å². The molecule has 0 aliphatic carbocycles. The van der Waals surface area contributed by atoms with Crippen LogP contribution in [0.15, 0.2) is 30.3 Å². The SMILES string of the molecule is O[C@H]1C[N+]2(CCCOc3ccccc3)CCC1CC2.[Br-]. The predicted octanol–water partition coefficient (Wildman–Crippen LogP) is -0.939. The monoisotopic (exact) mass is 341 g/mol. The van der Waals surface area contributed by atoms with Crippen LogP contribution in [0.5, 0.6) is 5.75 Å². The van der Waals surface area contributed by atoms with Crippen LogP contribution in [0.1, 0.15) is 19.3 Å². The molecular weight excluding hydrogens is 318 g/mol. The zero-order chi connectivity index (χ0) is 13.1. The molecule has 0 radical (unpaired) electrons. The normalized spacial score (nSPS) is 31.6. The van der Waals surface area contributed by atoms with Crippen molar-refractivity contribution < 1.29 is 31.3 Å². The average Bonchev–Trinajstić information content (AvgIpc) is 2.46. The first-order valence-electron chi connectivity index (χ1n) is 7.48. The largest absolute Gasteiger partial charge is 1.00 e. The lowest BCUT2D eigenvalue weighted by Gasteiger charge is -2.51. The summed E-state index contributed by atoms with van der Waals surface area (Å²) >= 11 is 0. The Hall–Kier alpha value is -0.580. The van der Waals surface area contributed by atoms with Crippen molar-refractivity contribution in [2.24, 2.45) is 5.92 Å². The molecule has 0 unspecified atom stereocenters. The number of halogens is 1. The number of fused-ring (bicyclic) bond motifs is 3. The van der Waals surface area contributed by atoms with Crippen LogP contribution in [-0.2, 0) is 0 Å². The molecule has 1 aromatic rings. The van der Waals surface area contributed by atoms with E-state index in [9.17, 15) is 5.11 Å². The molecule has 1 aromatic carbocycles. The van der Waals surface area contributed by atoms with Crippen LogP contribution in [-0.4, -0.2) is 48.5 Å². The zero-order valence-corrected chi connectivity index (χ0v) is 13.5. The molecule has 3 saturated heterocycles. The van der Waals surface area contributed by atoms with Crippen molar-refractivity contribution in [3.8, 4) is 5.75 Å². The van der Waals surface area contributed by atoms with E-state index in [-0.39, 0.29) is 23.1 Å². The van der Waals surface area contributed by atoms with Gasteiger partial charge in [-0.25, -0.2) is 0 Å². The van der Waals surface area contributed by atoms with Crippen LogP contribution in [0, 0.1) is 5.92 Å². The predicted molar refractivity (Wildman–Crippen MR) is 75.0 cm³/mol. The number of rotatable bonds is 5. The standard InChI is InChI=1S/C16H24NO2.BrH/c18-16-13-17(10-7-14(16)8-11-17)9-4-12-19-15-5-2-1-3-6-15;/h1-3,5-6,14,16,18H,4,7-13H2;1H/q+1;/p-1/t14?,16-,17?;/m0./s1. The summed E-state index contributed by atoms with van der Waals surface area (Å²) in [4.78, 5) is 0. The number of benzene rings is 1. The van der Waals surface area contributed by atoms with Crippen LogP contribution in [0.25, 0.3) is 0 Å². The van der Waals surface area contributed by atoms with Gasteiger partial charge in [-0.3, -0.25) is 0 Å². The molecule has 112 valence electrons. The number of hydrogen-bond acceptors (Lipinski definition) is 2. The van der Waals surface area contributed by atoms with E-state index in [1.165, 1.54) is 25.9 Å². The molecule has 1 atom stereocenters. The van der Waals surface area contributed by atoms with E-state index in [0.717, 1.165) is 36.3 Å². The van der Waals surface area contributed by atoms with Crippen molar-refractivity contribution in [2.45, 2.75) is 25.4 Å². The number of piperidine rings is 3. The molecule has 0 spiro atoms. The quantitative estimate of drug-likeness (QED) is 0.553. The summed E-state index contributed by atoms with van der Waals surface area (Å²) in [5, 5.41) is 10.1. The first-order valence-corrected chi connectivity index (χ1v) is 7.48. The summed E-state index contributed by atoms with van der Waals surface area (Å²) in [6.45, 7) is 5.41. The van der Waals surface area contributed by atoms with Gasteiger partial charge in [-0.15, -0.1) is 0 Å². The van der Waals surface area contributed by atoms with E-state index in [0.29, 0.717) is 5.92 Å². The highest BCUT2D eigenvalue weighted by atomic mass is 79.9. The first kappa shape index (κ1) is 15.8. The van der Waals surface area contributed by atoms with Gasteiger partial charge in [0.25, 0.3) is 0 Å². The van der Waals surface area contributed by atoms with Gasteiger partial charge in [0, 0.05) is 25.2 Å². The minimum absolute atomic E-state index is 0. The van der Waals surface area contributed by atoms with E-state index in [1.54, 1.807) is 0 Å². The summed E-state index contributed by atoms with van der Waals surface area (Å²) in [6.07, 6.45) is 3.44. The van der Waals surface area contributed by atoms with Crippen LogP contribution < -0.4 is 21.7 Å². The fraction of sp³-hybridized carbons (Fsp3) is 0.625. The molecule has 0 aromatic heterocycles. The molecule has 0 amide bonds. The molecule has 3 nitrogen and oxygen atoms in total. The van der Waals surface area contributed by atoms with Crippen molar-refractivity contribution in [1.82, 2.24) is 0 Å². The maximum absolute atomic E-state index is 10.1. The Morgan fingerprint density at radius 2 is 1.85 bits per heavy atom. The molecule has 4 rings (SSSR count). The summed E-state index contributed by atoms with van der Waals surface area (Å²) in [6, 6.07) is 10.0. The highest BCUT2D eigenvalue weighted by molar-refractivity contribution is 5.20. The van der Waals surface area contributed by atoms with E-state index in [2.05, 4.69) is 0 Å². The van der Waals surface area contributed by atoms with Gasteiger partial charge < -0.3 is 31.3 Å². The highest BCUT2D eigenvalue weighted by Gasteiger charge is 2.44. The van der Waals surface area contributed by atoms with Gasteiger partial charge >= 0.3 is 0 Å². The summed E-state index contributed by atoms with van der Waals surface area (Å²) in [7, 11) is 0. The van der Waals surface area contributed by atoms with Gasteiger partial charge in [-0.05, 0) is 12.1 Å². The summed E-state index contributed by atoms with van der Waals surface area (Å²) in [5.41, 5.74) is 0. The molecule has 3 aliphatic heterocycles. The number of ether oxygens (including phenoxy) is 1. The summed E-state index contributed by atoms with van der Waals surface area (Å²) in [5.74, 6) is 1.54. The Balaban J connectivity index is 0.00000147. The second kappa shape index (κ2) is 6.92. The Kier molecular flexibility index (Phi) is 5.47. The van der Waals surface area contributed by atoms with E-state index in [1.807, 2.05) is 30.3 Å². The third-order valence-electron chi connectivity index (χ3n) is 4.86. The molecule has 20 heavy (non-hydrogen) atoms. The van der Waals surface area contributed by atoms with Gasteiger partial charge in [0.1, 0.15) is 18.4 Å². The van der Waals surface area contributed by atoms with Crippen molar-refractivity contribution in [1.29, 1.82) is 0 Å². The second-order valence-electron chi connectivity index (χ2n) is 6.11. The minimum atomic E-state index is -0.0578. The maximum atomic E-state index is 10.1. The molecule has 3 fully saturated rings. The fourth-order valence-corrected chi connectivity index (χ4v) is 3.67. The molecule has 3 aliphatic rings. The molecule has 0 saturated carbocycles. The van der Waals surface area contributed by atoms with Crippen LogP contribution in [0.2, 0.25) is 0 Å². The van der Waals surface area contributed by atoms with Crippen LogP contribution >= 0.6 is 0 Å². The topological polar surface area (TPSA) is 29.5 Å². The van der Waals surface area contributed by atoms with Crippen LogP contribution in [0.3, 0.4) is 0 Å². The van der Waals surface area contributed by atoms with Crippen molar-refractivity contribution in [2.75, 3.05) is 32.8 Å². The Bertz CT molecular complexity index is 404. The fourth-order valence-electron chi connectivity index (χ4n) is 3.67. The third kappa shape index (κ3) is 3.54. The Morgan fingerprint density at radius 3 is 2.50 bits per heavy atom. The number of quaternary nitrogens is 1. The second-order valence-corrected chi connectivity index (χ2v) is 6.11. The lowest BCUT2D eigenvalue weighted by atomic mass is 9.83. The Morgan fingerprint density at radius 1 is 1.15 bits per heavy atom. The number of aliphatic hydroxyl groups is 1. The van der Waals surface area contributed by atoms with Crippen LogP contribution in [0.4, 0.5) is 0 Å². The lowest BCUT2D eigenvalue weighted by Crippen LogP contribution is -3.00. The minimum Gasteiger partial charge on any atom is -1.00 e. The number of aliphatic hydroxyl groups excluding tert-OH is 1. The third-order valence-corrected chi connectivity index (χ3v) is 4.86. The maximum Gasteiger partial charge on any atom is 0.119 e. The number of para-hydroxylation sites is 1. The smallest absolute Gasteiger partial charge is 0.119 e. The molecule has 1 N–H and O–H groups in total. The average molecular weight is 342 g/mol. The zero-order valence-electron chi connectivity index (χ0n) is 11.9. The van der Waals surface area contributed by atoms with Crippen molar-refractivity contribution in [3.05, 3.63) is 30.3 Å². The molecule has 2 bridgehead atoms. The Labute approximate surface area is 131 Å². The molecule has 3 heterocycles. The number of hydrogen-bond donors (Lipinski definition) is 1. The van der Waals surface area contributed by atoms with Gasteiger partial charge in [0.2, 0.25) is 0 Å². The van der Waals surface area contributed by atoms with Crippen molar-refractivity contribution in [3.63, 3.8) is 0 Å². The van der Waals surface area contributed by atoms with Gasteiger partial charge in [-0.2, -0.15) is 0 Å². The molecule has 4 heteroatoms. The van der Waals surface area contributed by atoms with Gasteiger partial charge in [0.05, 0.1) is 26.2 Å². The molecular formula is C16H24BrNO2.